The summed E-state index contributed by atoms with van der Waals surface area (Å²) in [5.41, 5.74) is 3.43. The van der Waals surface area contributed by atoms with Gasteiger partial charge in [-0.15, -0.1) is 0 Å². The summed E-state index contributed by atoms with van der Waals surface area (Å²) < 4.78 is 5.10. The lowest BCUT2D eigenvalue weighted by atomic mass is 10.1. The standard InChI is InChI=1S/C15H16N4OS/c1-10-13(8-12-6-4-3-5-7-12)18-15(16-10)21-9-14-17-11(2)19-20-14/h3-7H,8-9H2,1-2H3,(H,16,18). The fraction of sp³-hybridized carbons (Fsp3) is 0.267. The number of aryl methyl sites for hydroxylation is 2. The van der Waals surface area contributed by atoms with Gasteiger partial charge in [-0.2, -0.15) is 4.98 Å². The lowest BCUT2D eigenvalue weighted by Crippen LogP contribution is -1.90. The summed E-state index contributed by atoms with van der Waals surface area (Å²) in [5.74, 6) is 1.90. The number of aromatic amines is 1. The van der Waals surface area contributed by atoms with Gasteiger partial charge in [0.25, 0.3) is 0 Å². The monoisotopic (exact) mass is 300 g/mol. The summed E-state index contributed by atoms with van der Waals surface area (Å²) in [6.45, 7) is 3.86. The van der Waals surface area contributed by atoms with Crippen LogP contribution < -0.4 is 0 Å². The first kappa shape index (κ1) is 13.9. The molecule has 0 unspecified atom stereocenters. The minimum absolute atomic E-state index is 0.621. The molecule has 0 amide bonds. The zero-order valence-corrected chi connectivity index (χ0v) is 12.8. The highest BCUT2D eigenvalue weighted by molar-refractivity contribution is 7.98. The molecule has 21 heavy (non-hydrogen) atoms. The molecule has 2 aromatic heterocycles. The Morgan fingerprint density at radius 3 is 2.67 bits per heavy atom. The highest BCUT2D eigenvalue weighted by Gasteiger charge is 2.10. The van der Waals surface area contributed by atoms with Crippen LogP contribution in [0.3, 0.4) is 0 Å². The van der Waals surface area contributed by atoms with Crippen molar-refractivity contribution in [3.8, 4) is 0 Å². The first-order chi connectivity index (χ1) is 10.2. The summed E-state index contributed by atoms with van der Waals surface area (Å²) in [5, 5.41) is 4.66. The Labute approximate surface area is 127 Å². The summed E-state index contributed by atoms with van der Waals surface area (Å²) in [4.78, 5) is 12.1. The van der Waals surface area contributed by atoms with Crippen LogP contribution in [0.25, 0.3) is 0 Å². The number of rotatable bonds is 5. The molecular weight excluding hydrogens is 284 g/mol. The predicted octanol–water partition coefficient (Wildman–Crippen LogP) is 3.29. The number of thioether (sulfide) groups is 1. The maximum Gasteiger partial charge on any atom is 0.237 e. The summed E-state index contributed by atoms with van der Waals surface area (Å²) in [6.07, 6.45) is 0.837. The Morgan fingerprint density at radius 1 is 1.14 bits per heavy atom. The first-order valence-corrected chi connectivity index (χ1v) is 7.70. The van der Waals surface area contributed by atoms with E-state index < -0.39 is 0 Å². The van der Waals surface area contributed by atoms with Crippen molar-refractivity contribution in [2.45, 2.75) is 31.2 Å². The molecule has 5 nitrogen and oxygen atoms in total. The van der Waals surface area contributed by atoms with E-state index in [1.165, 1.54) is 5.56 Å². The third kappa shape index (κ3) is 3.52. The maximum atomic E-state index is 5.10. The number of aromatic nitrogens is 4. The van der Waals surface area contributed by atoms with E-state index in [0.717, 1.165) is 23.0 Å². The predicted molar refractivity (Wildman–Crippen MR) is 81.2 cm³/mol. The number of nitrogens with zero attached hydrogens (tertiary/aromatic N) is 3. The van der Waals surface area contributed by atoms with Crippen molar-refractivity contribution in [2.24, 2.45) is 0 Å². The molecule has 6 heteroatoms. The van der Waals surface area contributed by atoms with Crippen molar-refractivity contribution >= 4 is 11.8 Å². The van der Waals surface area contributed by atoms with Crippen LogP contribution in [0.15, 0.2) is 40.0 Å². The maximum absolute atomic E-state index is 5.10. The van der Waals surface area contributed by atoms with Crippen LogP contribution in [0.5, 0.6) is 0 Å². The van der Waals surface area contributed by atoms with Gasteiger partial charge in [-0.25, -0.2) is 4.98 Å². The Kier molecular flexibility index (Phi) is 4.06. The van der Waals surface area contributed by atoms with Crippen molar-refractivity contribution in [3.63, 3.8) is 0 Å². The Bertz CT molecular complexity index is 720. The van der Waals surface area contributed by atoms with Crippen LogP contribution in [-0.4, -0.2) is 20.1 Å². The highest BCUT2D eigenvalue weighted by Crippen LogP contribution is 2.22. The van der Waals surface area contributed by atoms with Gasteiger partial charge in [0.15, 0.2) is 11.0 Å². The molecule has 0 aliphatic heterocycles. The largest absolute Gasteiger partial charge is 0.338 e. The fourth-order valence-electron chi connectivity index (χ4n) is 2.03. The quantitative estimate of drug-likeness (QED) is 0.732. The van der Waals surface area contributed by atoms with Crippen molar-refractivity contribution < 1.29 is 4.52 Å². The summed E-state index contributed by atoms with van der Waals surface area (Å²) in [7, 11) is 0. The molecule has 0 aliphatic carbocycles. The molecule has 0 saturated carbocycles. The van der Waals surface area contributed by atoms with Gasteiger partial charge in [0, 0.05) is 12.1 Å². The van der Waals surface area contributed by atoms with Crippen LogP contribution in [0.4, 0.5) is 0 Å². The number of benzene rings is 1. The second kappa shape index (κ2) is 6.13. The lowest BCUT2D eigenvalue weighted by molar-refractivity contribution is 0.387. The van der Waals surface area contributed by atoms with Crippen molar-refractivity contribution in [1.82, 2.24) is 20.1 Å². The second-order valence-corrected chi connectivity index (χ2v) is 5.76. The van der Waals surface area contributed by atoms with Crippen molar-refractivity contribution in [3.05, 3.63) is 59.0 Å². The first-order valence-electron chi connectivity index (χ1n) is 6.72. The topological polar surface area (TPSA) is 67.6 Å². The smallest absolute Gasteiger partial charge is 0.237 e. The normalized spacial score (nSPS) is 11.0. The van der Waals surface area contributed by atoms with Crippen molar-refractivity contribution in [2.75, 3.05) is 0 Å². The Hall–Kier alpha value is -2.08. The van der Waals surface area contributed by atoms with E-state index in [0.29, 0.717) is 17.5 Å². The minimum atomic E-state index is 0.621. The Balaban J connectivity index is 1.66. The van der Waals surface area contributed by atoms with Gasteiger partial charge in [-0.05, 0) is 19.4 Å². The molecule has 0 aliphatic rings. The van der Waals surface area contributed by atoms with E-state index in [4.69, 9.17) is 4.52 Å². The zero-order valence-electron chi connectivity index (χ0n) is 12.0. The molecule has 3 aromatic rings. The van der Waals surface area contributed by atoms with E-state index in [1.807, 2.05) is 32.0 Å². The van der Waals surface area contributed by atoms with Gasteiger partial charge in [-0.1, -0.05) is 47.3 Å². The van der Waals surface area contributed by atoms with E-state index in [1.54, 1.807) is 11.8 Å². The van der Waals surface area contributed by atoms with Gasteiger partial charge >= 0.3 is 0 Å². The molecule has 0 saturated heterocycles. The van der Waals surface area contributed by atoms with Gasteiger partial charge in [-0.3, -0.25) is 0 Å². The molecular formula is C15H16N4OS. The third-order valence-corrected chi connectivity index (χ3v) is 3.94. The van der Waals surface area contributed by atoms with Crippen LogP contribution >= 0.6 is 11.8 Å². The molecule has 0 radical (unpaired) electrons. The number of nitrogens with one attached hydrogen (secondary N) is 1. The molecule has 1 aromatic carbocycles. The van der Waals surface area contributed by atoms with E-state index in [2.05, 4.69) is 32.2 Å². The van der Waals surface area contributed by atoms with Crippen LogP contribution in [0, 0.1) is 13.8 Å². The molecule has 0 spiro atoms. The van der Waals surface area contributed by atoms with Crippen LogP contribution in [-0.2, 0) is 12.2 Å². The average Bonchev–Trinajstić information content (AvgIpc) is 3.04. The number of hydrogen-bond donors (Lipinski definition) is 1. The third-order valence-electron chi connectivity index (χ3n) is 3.08. The van der Waals surface area contributed by atoms with Crippen LogP contribution in [0.2, 0.25) is 0 Å². The molecule has 0 bridgehead atoms. The van der Waals surface area contributed by atoms with Gasteiger partial charge in [0.2, 0.25) is 5.89 Å². The van der Waals surface area contributed by atoms with E-state index >= 15 is 0 Å². The number of hydrogen-bond acceptors (Lipinski definition) is 5. The van der Waals surface area contributed by atoms with Crippen molar-refractivity contribution in [1.29, 1.82) is 0 Å². The minimum Gasteiger partial charge on any atom is -0.338 e. The Morgan fingerprint density at radius 2 is 1.95 bits per heavy atom. The fourth-order valence-corrected chi connectivity index (χ4v) is 2.80. The molecule has 2 heterocycles. The number of H-pyrrole nitrogens is 1. The van der Waals surface area contributed by atoms with Crippen LogP contribution in [0.1, 0.15) is 28.7 Å². The lowest BCUT2D eigenvalue weighted by Gasteiger charge is -1.98. The van der Waals surface area contributed by atoms with Gasteiger partial charge < -0.3 is 9.51 Å². The summed E-state index contributed by atoms with van der Waals surface area (Å²) in [6, 6.07) is 10.3. The zero-order chi connectivity index (χ0) is 14.7. The average molecular weight is 300 g/mol. The van der Waals surface area contributed by atoms with Gasteiger partial charge in [0.05, 0.1) is 11.4 Å². The van der Waals surface area contributed by atoms with E-state index in [9.17, 15) is 0 Å². The number of imidazole rings is 1. The molecule has 3 rings (SSSR count). The SMILES string of the molecule is Cc1noc(CSc2nc(Cc3ccccc3)c(C)[nH]2)n1. The summed E-state index contributed by atoms with van der Waals surface area (Å²) >= 11 is 1.57. The molecule has 108 valence electrons. The highest BCUT2D eigenvalue weighted by atomic mass is 32.2. The molecule has 1 N–H and O–H groups in total. The van der Waals surface area contributed by atoms with Gasteiger partial charge in [0.1, 0.15) is 0 Å². The second-order valence-electron chi connectivity index (χ2n) is 4.80. The molecule has 0 fully saturated rings. The molecule has 0 atom stereocenters. The van der Waals surface area contributed by atoms with E-state index in [-0.39, 0.29) is 0 Å².